The van der Waals surface area contributed by atoms with Gasteiger partial charge in [-0.1, -0.05) is 61.9 Å². The Kier molecular flexibility index (Phi) is 8.48. The predicted octanol–water partition coefficient (Wildman–Crippen LogP) is 3.07. The molecule has 1 heterocycles. The number of aryl methyl sites for hydroxylation is 1. The summed E-state index contributed by atoms with van der Waals surface area (Å²) in [6.45, 7) is 1.98. The summed E-state index contributed by atoms with van der Waals surface area (Å²) < 4.78 is 34.3. The molecule has 0 saturated carbocycles. The van der Waals surface area contributed by atoms with Crippen molar-refractivity contribution < 1.29 is 17.9 Å². The van der Waals surface area contributed by atoms with E-state index >= 15 is 0 Å². The molecule has 0 spiro atoms. The molecule has 2 N–H and O–H groups in total. The molecule has 3 rings (SSSR count). The second kappa shape index (κ2) is 11.5. The van der Waals surface area contributed by atoms with Gasteiger partial charge in [0.05, 0.1) is 12.9 Å². The zero-order chi connectivity index (χ0) is 24.6. The minimum atomic E-state index is -3.81. The van der Waals surface area contributed by atoms with Crippen molar-refractivity contribution in [1.82, 2.24) is 9.88 Å². The standard InChI is InChI=1S/C25H29N3O5S/c1-3-9-21-14-15-22(27-34(31,32)18-19-10-5-4-6-11-19)25(30)28(21)17-24(29)26-16-20-12-7-8-13-23(20)33-2/h4-8,10-15,27H,3,9,16-18H2,1-2H3,(H,26,29). The number of rotatable bonds is 11. The van der Waals surface area contributed by atoms with Crippen LogP contribution in [0.2, 0.25) is 0 Å². The topological polar surface area (TPSA) is 107 Å². The van der Waals surface area contributed by atoms with Crippen LogP contribution >= 0.6 is 0 Å². The Morgan fingerprint density at radius 2 is 1.71 bits per heavy atom. The van der Waals surface area contributed by atoms with Crippen molar-refractivity contribution in [1.29, 1.82) is 0 Å². The SMILES string of the molecule is CCCc1ccc(NS(=O)(=O)Cc2ccccc2)c(=O)n1CC(=O)NCc1ccccc1OC. The molecule has 1 amide bonds. The molecule has 1 aromatic heterocycles. The van der Waals surface area contributed by atoms with Gasteiger partial charge in [0.2, 0.25) is 15.9 Å². The van der Waals surface area contributed by atoms with Crippen molar-refractivity contribution in [2.45, 2.75) is 38.6 Å². The van der Waals surface area contributed by atoms with Crippen LogP contribution in [0, 0.1) is 0 Å². The number of hydrogen-bond donors (Lipinski definition) is 2. The van der Waals surface area contributed by atoms with Gasteiger partial charge in [-0.25, -0.2) is 8.42 Å². The quantitative estimate of drug-likeness (QED) is 0.436. The molecule has 0 bridgehead atoms. The Hall–Kier alpha value is -3.59. The van der Waals surface area contributed by atoms with Crippen molar-refractivity contribution in [3.63, 3.8) is 0 Å². The van der Waals surface area contributed by atoms with Gasteiger partial charge in [-0.05, 0) is 30.2 Å². The third-order valence-electron chi connectivity index (χ3n) is 5.21. The van der Waals surface area contributed by atoms with E-state index in [0.717, 1.165) is 12.0 Å². The van der Waals surface area contributed by atoms with E-state index in [-0.39, 0.29) is 30.4 Å². The normalized spacial score (nSPS) is 11.1. The van der Waals surface area contributed by atoms with Crippen LogP contribution in [0.25, 0.3) is 0 Å². The summed E-state index contributed by atoms with van der Waals surface area (Å²) in [5, 5.41) is 2.80. The summed E-state index contributed by atoms with van der Waals surface area (Å²) in [7, 11) is -2.26. The fraction of sp³-hybridized carbons (Fsp3) is 0.280. The number of anilines is 1. The third-order valence-corrected chi connectivity index (χ3v) is 6.45. The smallest absolute Gasteiger partial charge is 0.275 e. The summed E-state index contributed by atoms with van der Waals surface area (Å²) in [6, 6.07) is 19.2. The molecule has 2 aromatic carbocycles. The highest BCUT2D eigenvalue weighted by atomic mass is 32.2. The van der Waals surface area contributed by atoms with Gasteiger partial charge in [0.15, 0.2) is 0 Å². The summed E-state index contributed by atoms with van der Waals surface area (Å²) in [5.41, 5.74) is 1.42. The Bertz CT molecular complexity index is 1290. The van der Waals surface area contributed by atoms with Gasteiger partial charge >= 0.3 is 0 Å². The molecule has 0 radical (unpaired) electrons. The number of carbonyl (C=O) groups excluding carboxylic acids is 1. The van der Waals surface area contributed by atoms with E-state index in [2.05, 4.69) is 10.0 Å². The molecule has 9 heteroatoms. The lowest BCUT2D eigenvalue weighted by atomic mass is 10.2. The molecule has 180 valence electrons. The van der Waals surface area contributed by atoms with Crippen molar-refractivity contribution in [3.8, 4) is 5.75 Å². The van der Waals surface area contributed by atoms with E-state index in [1.807, 2.05) is 25.1 Å². The van der Waals surface area contributed by atoms with E-state index in [1.54, 1.807) is 49.6 Å². The number of para-hydroxylation sites is 1. The highest BCUT2D eigenvalue weighted by Gasteiger charge is 2.17. The number of pyridine rings is 1. The van der Waals surface area contributed by atoms with E-state index in [1.165, 1.54) is 10.6 Å². The predicted molar refractivity (Wildman–Crippen MR) is 132 cm³/mol. The summed E-state index contributed by atoms with van der Waals surface area (Å²) >= 11 is 0. The van der Waals surface area contributed by atoms with E-state index < -0.39 is 15.6 Å². The van der Waals surface area contributed by atoms with Gasteiger partial charge in [0.25, 0.3) is 5.56 Å². The highest BCUT2D eigenvalue weighted by molar-refractivity contribution is 7.91. The van der Waals surface area contributed by atoms with E-state index in [4.69, 9.17) is 4.74 Å². The summed E-state index contributed by atoms with van der Waals surface area (Å²) in [6.07, 6.45) is 1.34. The lowest BCUT2D eigenvalue weighted by Gasteiger charge is -2.16. The van der Waals surface area contributed by atoms with Crippen LogP contribution in [-0.2, 0) is 40.1 Å². The first kappa shape index (κ1) is 25.0. The Balaban J connectivity index is 1.78. The lowest BCUT2D eigenvalue weighted by Crippen LogP contribution is -2.35. The number of ether oxygens (including phenoxy) is 1. The third kappa shape index (κ3) is 6.71. The van der Waals surface area contributed by atoms with Gasteiger partial charge in [0, 0.05) is 17.8 Å². The van der Waals surface area contributed by atoms with Crippen molar-refractivity contribution >= 4 is 21.6 Å². The maximum Gasteiger partial charge on any atom is 0.275 e. The average molecular weight is 484 g/mol. The van der Waals surface area contributed by atoms with Crippen LogP contribution in [0.3, 0.4) is 0 Å². The average Bonchev–Trinajstić information content (AvgIpc) is 2.82. The molecular formula is C25H29N3O5S. The largest absolute Gasteiger partial charge is 0.496 e. The number of benzene rings is 2. The molecule has 0 unspecified atom stereocenters. The molecule has 0 aliphatic carbocycles. The maximum atomic E-state index is 13.1. The second-order valence-corrected chi connectivity index (χ2v) is 9.54. The molecular weight excluding hydrogens is 454 g/mol. The molecule has 8 nitrogen and oxygen atoms in total. The number of carbonyl (C=O) groups is 1. The molecule has 0 fully saturated rings. The van der Waals surface area contributed by atoms with Gasteiger partial charge in [0.1, 0.15) is 18.0 Å². The number of amides is 1. The van der Waals surface area contributed by atoms with E-state index in [0.29, 0.717) is 23.4 Å². The van der Waals surface area contributed by atoms with Crippen LogP contribution in [0.1, 0.15) is 30.2 Å². The number of sulfonamides is 1. The minimum Gasteiger partial charge on any atom is -0.496 e. The number of nitrogens with zero attached hydrogens (tertiary/aromatic N) is 1. The number of hydrogen-bond acceptors (Lipinski definition) is 5. The van der Waals surface area contributed by atoms with Gasteiger partial charge < -0.3 is 14.6 Å². The Morgan fingerprint density at radius 3 is 2.41 bits per heavy atom. The van der Waals surface area contributed by atoms with Crippen molar-refractivity contribution in [2.75, 3.05) is 11.8 Å². The van der Waals surface area contributed by atoms with Crippen LogP contribution in [-0.4, -0.2) is 26.0 Å². The van der Waals surface area contributed by atoms with Gasteiger partial charge in [-0.2, -0.15) is 0 Å². The maximum absolute atomic E-state index is 13.1. The van der Waals surface area contributed by atoms with Crippen LogP contribution < -0.4 is 20.3 Å². The zero-order valence-corrected chi connectivity index (χ0v) is 20.1. The molecule has 0 saturated heterocycles. The Morgan fingerprint density at radius 1 is 1.00 bits per heavy atom. The number of methoxy groups -OCH3 is 1. The van der Waals surface area contributed by atoms with E-state index in [9.17, 15) is 18.0 Å². The highest BCUT2D eigenvalue weighted by Crippen LogP contribution is 2.17. The van der Waals surface area contributed by atoms with Crippen molar-refractivity contribution in [3.05, 3.63) is 93.9 Å². The van der Waals surface area contributed by atoms with Crippen LogP contribution in [0.4, 0.5) is 5.69 Å². The van der Waals surface area contributed by atoms with Crippen LogP contribution in [0.15, 0.2) is 71.5 Å². The minimum absolute atomic E-state index is 0.0895. The molecule has 0 aliphatic rings. The van der Waals surface area contributed by atoms with Gasteiger partial charge in [-0.15, -0.1) is 0 Å². The van der Waals surface area contributed by atoms with Crippen LogP contribution in [0.5, 0.6) is 5.75 Å². The molecule has 0 atom stereocenters. The fourth-order valence-corrected chi connectivity index (χ4v) is 4.78. The monoisotopic (exact) mass is 483 g/mol. The summed E-state index contributed by atoms with van der Waals surface area (Å²) in [5.74, 6) is 0.0275. The number of aromatic nitrogens is 1. The second-order valence-electron chi connectivity index (χ2n) is 7.81. The lowest BCUT2D eigenvalue weighted by molar-refractivity contribution is -0.121. The number of nitrogens with one attached hydrogen (secondary N) is 2. The summed E-state index contributed by atoms with van der Waals surface area (Å²) in [4.78, 5) is 25.8. The molecule has 0 aliphatic heterocycles. The molecule has 34 heavy (non-hydrogen) atoms. The zero-order valence-electron chi connectivity index (χ0n) is 19.3. The first-order chi connectivity index (χ1) is 16.3. The molecule has 3 aromatic rings. The fourth-order valence-electron chi connectivity index (χ4n) is 3.58. The first-order valence-corrected chi connectivity index (χ1v) is 12.6. The Labute approximate surface area is 199 Å². The first-order valence-electron chi connectivity index (χ1n) is 11.0. The van der Waals surface area contributed by atoms with Gasteiger partial charge in [-0.3, -0.25) is 14.3 Å². The van der Waals surface area contributed by atoms with Crippen molar-refractivity contribution in [2.24, 2.45) is 0 Å².